The Morgan fingerprint density at radius 3 is 2.82 bits per heavy atom. The Hall–Kier alpha value is -2.93. The first kappa shape index (κ1) is 12.8. The molecular formula is C15H10N6S. The van der Waals surface area contributed by atoms with Gasteiger partial charge in [-0.3, -0.25) is 19.6 Å². The molecule has 0 saturated heterocycles. The van der Waals surface area contributed by atoms with Crippen LogP contribution in [0, 0.1) is 4.77 Å². The number of rotatable bonds is 2. The summed E-state index contributed by atoms with van der Waals surface area (Å²) in [6.45, 7) is 0. The van der Waals surface area contributed by atoms with Crippen molar-refractivity contribution >= 4 is 23.1 Å². The van der Waals surface area contributed by atoms with Gasteiger partial charge in [-0.15, -0.1) is 0 Å². The third-order valence-electron chi connectivity index (χ3n) is 3.33. The predicted molar refractivity (Wildman–Crippen MR) is 85.1 cm³/mol. The van der Waals surface area contributed by atoms with Gasteiger partial charge in [-0.25, -0.2) is 4.98 Å². The van der Waals surface area contributed by atoms with Crippen LogP contribution in [0.3, 0.4) is 0 Å². The van der Waals surface area contributed by atoms with E-state index < -0.39 is 0 Å². The zero-order chi connectivity index (χ0) is 14.9. The fourth-order valence-corrected chi connectivity index (χ4v) is 2.62. The molecule has 1 N–H and O–H groups in total. The van der Waals surface area contributed by atoms with Gasteiger partial charge in [0.15, 0.2) is 10.6 Å². The number of aromatic amines is 1. The van der Waals surface area contributed by atoms with Gasteiger partial charge >= 0.3 is 0 Å². The molecule has 0 radical (unpaired) electrons. The smallest absolute Gasteiger partial charge is 0.200 e. The molecule has 0 unspecified atom stereocenters. The van der Waals surface area contributed by atoms with Crippen LogP contribution in [0.5, 0.6) is 0 Å². The minimum absolute atomic E-state index is 0.497. The van der Waals surface area contributed by atoms with Crippen molar-refractivity contribution < 1.29 is 0 Å². The molecular weight excluding hydrogens is 296 g/mol. The quantitative estimate of drug-likeness (QED) is 0.576. The number of nitrogens with zero attached hydrogens (tertiary/aromatic N) is 5. The van der Waals surface area contributed by atoms with Crippen LogP contribution >= 0.6 is 12.2 Å². The molecule has 0 saturated carbocycles. The highest BCUT2D eigenvalue weighted by molar-refractivity contribution is 7.71. The van der Waals surface area contributed by atoms with Crippen LogP contribution in [0.1, 0.15) is 0 Å². The SMILES string of the molecule is S=c1[nH]nc(-c2cnccn2)n1-c1cccc2ncccc12. The molecule has 0 fully saturated rings. The van der Waals surface area contributed by atoms with Gasteiger partial charge in [0.05, 0.1) is 17.4 Å². The van der Waals surface area contributed by atoms with Crippen molar-refractivity contribution in [1.82, 2.24) is 29.7 Å². The molecule has 4 aromatic rings. The largest absolute Gasteiger partial charge is 0.266 e. The van der Waals surface area contributed by atoms with Crippen LogP contribution in [-0.2, 0) is 0 Å². The molecule has 7 heteroatoms. The summed E-state index contributed by atoms with van der Waals surface area (Å²) in [6.07, 6.45) is 6.67. The van der Waals surface area contributed by atoms with Gasteiger partial charge in [0.25, 0.3) is 0 Å². The number of fused-ring (bicyclic) bond motifs is 1. The molecule has 0 atom stereocenters. The number of benzene rings is 1. The highest BCUT2D eigenvalue weighted by atomic mass is 32.1. The summed E-state index contributed by atoms with van der Waals surface area (Å²) in [4.78, 5) is 12.8. The Kier molecular flexibility index (Phi) is 2.97. The fraction of sp³-hybridized carbons (Fsp3) is 0. The maximum atomic E-state index is 5.39. The van der Waals surface area contributed by atoms with E-state index in [2.05, 4.69) is 25.1 Å². The van der Waals surface area contributed by atoms with Crippen molar-refractivity contribution in [3.05, 3.63) is 59.9 Å². The van der Waals surface area contributed by atoms with E-state index in [-0.39, 0.29) is 0 Å². The standard InChI is InChI=1S/C15H10N6S/c22-15-20-19-14(12-9-16-7-8-18-12)21(15)13-5-1-4-11-10(13)3-2-6-17-11/h1-9H,(H,20,22). The number of hydrogen-bond acceptors (Lipinski definition) is 5. The first-order valence-corrected chi connectivity index (χ1v) is 7.03. The van der Waals surface area contributed by atoms with Crippen LogP contribution in [-0.4, -0.2) is 29.7 Å². The lowest BCUT2D eigenvalue weighted by Crippen LogP contribution is -2.00. The average molecular weight is 306 g/mol. The van der Waals surface area contributed by atoms with Crippen molar-refractivity contribution in [2.24, 2.45) is 0 Å². The van der Waals surface area contributed by atoms with Crippen molar-refractivity contribution in [3.63, 3.8) is 0 Å². The Morgan fingerprint density at radius 2 is 1.95 bits per heavy atom. The fourth-order valence-electron chi connectivity index (χ4n) is 2.39. The zero-order valence-electron chi connectivity index (χ0n) is 11.3. The Morgan fingerprint density at radius 1 is 1.00 bits per heavy atom. The van der Waals surface area contributed by atoms with E-state index >= 15 is 0 Å². The van der Waals surface area contributed by atoms with Gasteiger partial charge in [0.2, 0.25) is 0 Å². The number of nitrogens with one attached hydrogen (secondary N) is 1. The maximum absolute atomic E-state index is 5.39. The number of aromatic nitrogens is 6. The summed E-state index contributed by atoms with van der Waals surface area (Å²) < 4.78 is 2.35. The second-order valence-corrected chi connectivity index (χ2v) is 5.01. The van der Waals surface area contributed by atoms with Gasteiger partial charge in [-0.1, -0.05) is 6.07 Å². The maximum Gasteiger partial charge on any atom is 0.200 e. The molecule has 0 bridgehead atoms. The second-order valence-electron chi connectivity index (χ2n) is 4.63. The molecule has 0 aliphatic heterocycles. The monoisotopic (exact) mass is 306 g/mol. The molecule has 4 rings (SSSR count). The number of hydrogen-bond donors (Lipinski definition) is 1. The normalized spacial score (nSPS) is 10.9. The molecule has 3 aromatic heterocycles. The highest BCUT2D eigenvalue weighted by Crippen LogP contribution is 2.25. The summed E-state index contributed by atoms with van der Waals surface area (Å²) in [5.41, 5.74) is 2.45. The van der Waals surface area contributed by atoms with Crippen LogP contribution in [0.25, 0.3) is 28.1 Å². The van der Waals surface area contributed by atoms with Crippen LogP contribution in [0.2, 0.25) is 0 Å². The summed E-state index contributed by atoms with van der Waals surface area (Å²) in [6, 6.07) is 9.80. The van der Waals surface area contributed by atoms with Crippen LogP contribution < -0.4 is 0 Å². The lowest BCUT2D eigenvalue weighted by molar-refractivity contribution is 1.03. The summed E-state index contributed by atoms with van der Waals surface area (Å²) >= 11 is 5.39. The molecule has 0 aliphatic rings. The Labute approximate surface area is 130 Å². The van der Waals surface area contributed by atoms with Gasteiger partial charge < -0.3 is 0 Å². The van der Waals surface area contributed by atoms with E-state index in [4.69, 9.17) is 12.2 Å². The molecule has 3 heterocycles. The third-order valence-corrected chi connectivity index (χ3v) is 3.60. The first-order valence-electron chi connectivity index (χ1n) is 6.62. The number of H-pyrrole nitrogens is 1. The van der Waals surface area contributed by atoms with Gasteiger partial charge in [-0.05, 0) is 36.5 Å². The lowest BCUT2D eigenvalue weighted by Gasteiger charge is -2.09. The van der Waals surface area contributed by atoms with Crippen LogP contribution in [0.15, 0.2) is 55.1 Å². The van der Waals surface area contributed by atoms with Gasteiger partial charge in [0, 0.05) is 24.0 Å². The molecule has 0 spiro atoms. The van der Waals surface area contributed by atoms with Crippen molar-refractivity contribution in [2.75, 3.05) is 0 Å². The topological polar surface area (TPSA) is 72.3 Å². The second kappa shape index (κ2) is 5.12. The van der Waals surface area contributed by atoms with E-state index in [0.717, 1.165) is 16.6 Å². The van der Waals surface area contributed by atoms with Crippen LogP contribution in [0.4, 0.5) is 0 Å². The van der Waals surface area contributed by atoms with E-state index in [0.29, 0.717) is 16.3 Å². The average Bonchev–Trinajstić information content (AvgIpc) is 2.96. The molecule has 0 amide bonds. The number of pyridine rings is 1. The van der Waals surface area contributed by atoms with E-state index in [1.165, 1.54) is 0 Å². The van der Waals surface area contributed by atoms with Crippen molar-refractivity contribution in [3.8, 4) is 17.2 Å². The minimum atomic E-state index is 0.497. The van der Waals surface area contributed by atoms with Crippen molar-refractivity contribution in [2.45, 2.75) is 0 Å². The Balaban J connectivity index is 2.04. The molecule has 1 aromatic carbocycles. The molecule has 106 valence electrons. The van der Waals surface area contributed by atoms with E-state index in [9.17, 15) is 0 Å². The van der Waals surface area contributed by atoms with Gasteiger partial charge in [0.1, 0.15) is 5.69 Å². The van der Waals surface area contributed by atoms with E-state index in [1.54, 1.807) is 24.8 Å². The molecule has 0 aliphatic carbocycles. The summed E-state index contributed by atoms with van der Waals surface area (Å²) in [5, 5.41) is 8.11. The highest BCUT2D eigenvalue weighted by Gasteiger charge is 2.14. The van der Waals surface area contributed by atoms with Crippen molar-refractivity contribution in [1.29, 1.82) is 0 Å². The summed E-state index contributed by atoms with van der Waals surface area (Å²) in [5.74, 6) is 0.620. The molecule has 22 heavy (non-hydrogen) atoms. The molecule has 6 nitrogen and oxygen atoms in total. The third kappa shape index (κ3) is 1.99. The lowest BCUT2D eigenvalue weighted by atomic mass is 10.2. The summed E-state index contributed by atoms with van der Waals surface area (Å²) in [7, 11) is 0. The minimum Gasteiger partial charge on any atom is -0.266 e. The predicted octanol–water partition coefficient (Wildman–Crippen LogP) is 2.94. The first-order chi connectivity index (χ1) is 10.8. The van der Waals surface area contributed by atoms with E-state index in [1.807, 2.05) is 34.9 Å². The Bertz CT molecular complexity index is 1000. The zero-order valence-corrected chi connectivity index (χ0v) is 12.2. The van der Waals surface area contributed by atoms with Gasteiger partial charge in [-0.2, -0.15) is 5.10 Å².